The highest BCUT2D eigenvalue weighted by atomic mass is 19.4. The van der Waals surface area contributed by atoms with Crippen molar-refractivity contribution in [3.05, 3.63) is 89.6 Å². The van der Waals surface area contributed by atoms with Crippen LogP contribution in [0.25, 0.3) is 22.0 Å². The standard InChI is InChI=1S/C24H20F3N3O2/c25-24(26,27)19-7-1-4-16(12-19)14-30-15-21-20(8-3-9-22(21)29-30)17-5-2-6-18(13-17)23(32)28-10-11-31/h1-9,12-13,15,31H,10-11,14H2,(H,28,32). The van der Waals surface area contributed by atoms with Gasteiger partial charge in [0.15, 0.2) is 0 Å². The minimum Gasteiger partial charge on any atom is -0.395 e. The quantitative estimate of drug-likeness (QED) is 0.465. The third kappa shape index (κ3) is 4.65. The molecule has 32 heavy (non-hydrogen) atoms. The normalized spacial score (nSPS) is 11.6. The van der Waals surface area contributed by atoms with E-state index in [0.717, 1.165) is 28.6 Å². The van der Waals surface area contributed by atoms with E-state index in [1.165, 1.54) is 6.07 Å². The lowest BCUT2D eigenvalue weighted by atomic mass is 10.00. The van der Waals surface area contributed by atoms with Gasteiger partial charge in [0.25, 0.3) is 5.91 Å². The first-order valence-electron chi connectivity index (χ1n) is 9.97. The van der Waals surface area contributed by atoms with Crippen molar-refractivity contribution in [3.8, 4) is 11.1 Å². The van der Waals surface area contributed by atoms with Gasteiger partial charge in [-0.25, -0.2) is 0 Å². The molecule has 1 heterocycles. The zero-order valence-corrected chi connectivity index (χ0v) is 16.9. The van der Waals surface area contributed by atoms with Crippen LogP contribution in [0.2, 0.25) is 0 Å². The number of hydrogen-bond donors (Lipinski definition) is 2. The Hall–Kier alpha value is -3.65. The fourth-order valence-corrected chi connectivity index (χ4v) is 3.56. The SMILES string of the molecule is O=C(NCCO)c1cccc(-c2cccc3nn(Cc4cccc(C(F)(F)F)c4)cc23)c1. The van der Waals surface area contributed by atoms with Crippen LogP contribution in [0.1, 0.15) is 21.5 Å². The van der Waals surface area contributed by atoms with Gasteiger partial charge < -0.3 is 10.4 Å². The average Bonchev–Trinajstić information content (AvgIpc) is 3.19. The molecule has 2 N–H and O–H groups in total. The van der Waals surface area contributed by atoms with Crippen molar-refractivity contribution in [1.29, 1.82) is 0 Å². The van der Waals surface area contributed by atoms with Gasteiger partial charge >= 0.3 is 6.18 Å². The summed E-state index contributed by atoms with van der Waals surface area (Å²) in [7, 11) is 0. The summed E-state index contributed by atoms with van der Waals surface area (Å²) < 4.78 is 40.6. The second-order valence-electron chi connectivity index (χ2n) is 7.32. The summed E-state index contributed by atoms with van der Waals surface area (Å²) in [5.74, 6) is -0.284. The summed E-state index contributed by atoms with van der Waals surface area (Å²) in [5.41, 5.74) is 2.63. The van der Waals surface area contributed by atoms with E-state index in [2.05, 4.69) is 10.4 Å². The van der Waals surface area contributed by atoms with Crippen LogP contribution in [-0.4, -0.2) is 33.9 Å². The molecule has 164 valence electrons. The predicted octanol–water partition coefficient (Wildman–Crippen LogP) is 4.49. The van der Waals surface area contributed by atoms with Gasteiger partial charge in [0.2, 0.25) is 0 Å². The number of nitrogens with one attached hydrogen (secondary N) is 1. The van der Waals surface area contributed by atoms with Gasteiger partial charge in [0.05, 0.1) is 24.2 Å². The number of aromatic nitrogens is 2. The van der Waals surface area contributed by atoms with Gasteiger partial charge in [0.1, 0.15) is 0 Å². The van der Waals surface area contributed by atoms with Crippen molar-refractivity contribution >= 4 is 16.8 Å². The van der Waals surface area contributed by atoms with Gasteiger partial charge in [-0.1, -0.05) is 36.4 Å². The molecule has 0 radical (unpaired) electrons. The first-order valence-corrected chi connectivity index (χ1v) is 9.97. The minimum absolute atomic E-state index is 0.143. The van der Waals surface area contributed by atoms with Crippen LogP contribution in [0.4, 0.5) is 13.2 Å². The predicted molar refractivity (Wildman–Crippen MR) is 115 cm³/mol. The molecule has 5 nitrogen and oxygen atoms in total. The largest absolute Gasteiger partial charge is 0.416 e. The molecule has 0 saturated heterocycles. The van der Waals surface area contributed by atoms with E-state index in [9.17, 15) is 18.0 Å². The number of carbonyl (C=O) groups excluding carboxylic acids is 1. The smallest absolute Gasteiger partial charge is 0.395 e. The van der Waals surface area contributed by atoms with Crippen LogP contribution >= 0.6 is 0 Å². The highest BCUT2D eigenvalue weighted by Crippen LogP contribution is 2.31. The lowest BCUT2D eigenvalue weighted by molar-refractivity contribution is -0.137. The summed E-state index contributed by atoms with van der Waals surface area (Å²) in [6.07, 6.45) is -2.60. The lowest BCUT2D eigenvalue weighted by Crippen LogP contribution is -2.26. The Kier molecular flexibility index (Phi) is 5.96. The maximum absolute atomic E-state index is 13.0. The molecule has 4 aromatic rings. The number of hydrogen-bond acceptors (Lipinski definition) is 3. The third-order valence-electron chi connectivity index (χ3n) is 5.03. The molecule has 4 rings (SSSR count). The zero-order valence-electron chi connectivity index (χ0n) is 16.9. The molecule has 8 heteroatoms. The Bertz CT molecular complexity index is 1260. The van der Waals surface area contributed by atoms with Crippen LogP contribution in [0.3, 0.4) is 0 Å². The maximum Gasteiger partial charge on any atom is 0.416 e. The molecule has 0 aliphatic heterocycles. The van der Waals surface area contributed by atoms with E-state index in [4.69, 9.17) is 5.11 Å². The Morgan fingerprint density at radius 2 is 1.81 bits per heavy atom. The van der Waals surface area contributed by atoms with Crippen LogP contribution in [0.15, 0.2) is 72.9 Å². The summed E-state index contributed by atoms with van der Waals surface area (Å²) in [6, 6.07) is 17.9. The van der Waals surface area contributed by atoms with Gasteiger partial charge in [0, 0.05) is 23.7 Å². The topological polar surface area (TPSA) is 67.2 Å². The summed E-state index contributed by atoms with van der Waals surface area (Å²) in [4.78, 5) is 12.2. The molecule has 3 aromatic carbocycles. The number of nitrogens with zero attached hydrogens (tertiary/aromatic N) is 2. The molecule has 1 aromatic heterocycles. The van der Waals surface area contributed by atoms with Gasteiger partial charge in [-0.2, -0.15) is 18.3 Å². The number of carbonyl (C=O) groups is 1. The molecule has 0 unspecified atom stereocenters. The van der Waals surface area contributed by atoms with Gasteiger partial charge in [-0.3, -0.25) is 9.48 Å². The molecule has 0 atom stereocenters. The molecule has 1 amide bonds. The molecule has 0 aliphatic carbocycles. The van der Waals surface area contributed by atoms with Crippen molar-refractivity contribution in [2.45, 2.75) is 12.7 Å². The van der Waals surface area contributed by atoms with Gasteiger partial charge in [-0.05, 0) is 47.0 Å². The van der Waals surface area contributed by atoms with Crippen LogP contribution in [0.5, 0.6) is 0 Å². The van der Waals surface area contributed by atoms with Crippen LogP contribution < -0.4 is 5.32 Å². The number of benzene rings is 3. The van der Waals surface area contributed by atoms with Crippen LogP contribution in [-0.2, 0) is 12.7 Å². The number of fused-ring (bicyclic) bond motifs is 1. The Morgan fingerprint density at radius 1 is 1.03 bits per heavy atom. The van der Waals surface area contributed by atoms with Crippen molar-refractivity contribution in [3.63, 3.8) is 0 Å². The van der Waals surface area contributed by atoms with E-state index in [1.54, 1.807) is 35.1 Å². The average molecular weight is 439 g/mol. The fourth-order valence-electron chi connectivity index (χ4n) is 3.56. The summed E-state index contributed by atoms with van der Waals surface area (Å²) in [6.45, 7) is 0.221. The van der Waals surface area contributed by atoms with Crippen molar-refractivity contribution in [1.82, 2.24) is 15.1 Å². The van der Waals surface area contributed by atoms with Crippen LogP contribution in [0, 0.1) is 0 Å². The molecular formula is C24H20F3N3O2. The zero-order chi connectivity index (χ0) is 22.7. The number of aliphatic hydroxyl groups is 1. The number of amides is 1. The second-order valence-corrected chi connectivity index (χ2v) is 7.32. The monoisotopic (exact) mass is 439 g/mol. The van der Waals surface area contributed by atoms with E-state index >= 15 is 0 Å². The maximum atomic E-state index is 13.0. The number of halogens is 3. The first kappa shape index (κ1) is 21.6. The molecule has 0 spiro atoms. The van der Waals surface area contributed by atoms with Gasteiger partial charge in [-0.15, -0.1) is 0 Å². The number of rotatable bonds is 6. The number of aliphatic hydroxyl groups excluding tert-OH is 1. The highest BCUT2D eigenvalue weighted by molar-refractivity contribution is 5.98. The second kappa shape index (κ2) is 8.84. The lowest BCUT2D eigenvalue weighted by Gasteiger charge is -2.08. The fraction of sp³-hybridized carbons (Fsp3) is 0.167. The Labute approximate surface area is 182 Å². The Morgan fingerprint density at radius 3 is 2.59 bits per heavy atom. The van der Waals surface area contributed by atoms with E-state index in [1.807, 2.05) is 24.3 Å². The molecule has 0 bridgehead atoms. The third-order valence-corrected chi connectivity index (χ3v) is 5.03. The molecule has 0 aliphatic rings. The number of alkyl halides is 3. The van der Waals surface area contributed by atoms with Crippen molar-refractivity contribution < 1.29 is 23.1 Å². The molecular weight excluding hydrogens is 419 g/mol. The summed E-state index contributed by atoms with van der Waals surface area (Å²) in [5, 5.41) is 16.9. The summed E-state index contributed by atoms with van der Waals surface area (Å²) >= 11 is 0. The van der Waals surface area contributed by atoms with Crippen molar-refractivity contribution in [2.24, 2.45) is 0 Å². The first-order chi connectivity index (χ1) is 15.3. The van der Waals surface area contributed by atoms with E-state index < -0.39 is 11.7 Å². The highest BCUT2D eigenvalue weighted by Gasteiger charge is 2.30. The molecule has 0 fully saturated rings. The van der Waals surface area contributed by atoms with E-state index in [-0.39, 0.29) is 25.6 Å². The van der Waals surface area contributed by atoms with E-state index in [0.29, 0.717) is 16.6 Å². The Balaban J connectivity index is 1.66. The van der Waals surface area contributed by atoms with Crippen molar-refractivity contribution in [2.75, 3.05) is 13.2 Å². The molecule has 0 saturated carbocycles. The minimum atomic E-state index is -4.40.